The fourth-order valence-corrected chi connectivity index (χ4v) is 9.46. The molecule has 0 atom stereocenters. The zero-order chi connectivity index (χ0) is 51.7. The summed E-state index contributed by atoms with van der Waals surface area (Å²) in [6, 6.07) is 20.1. The number of sulfonamides is 2. The number of ketones is 1. The van der Waals surface area contributed by atoms with Gasteiger partial charge >= 0.3 is 58.7 Å². The molecule has 29 heteroatoms. The molecule has 1 saturated heterocycles. The van der Waals surface area contributed by atoms with Crippen molar-refractivity contribution >= 4 is 53.0 Å². The molecule has 0 aliphatic carbocycles. The van der Waals surface area contributed by atoms with Gasteiger partial charge in [0.15, 0.2) is 0 Å². The number of methoxy groups -OCH3 is 2. The van der Waals surface area contributed by atoms with Gasteiger partial charge in [0.1, 0.15) is 11.5 Å². The molecule has 0 N–H and O–H groups in total. The van der Waals surface area contributed by atoms with E-state index >= 15 is 0 Å². The zero-order valence-corrected chi connectivity index (χ0v) is 38.6. The number of carbonyl (C=O) groups excluding carboxylic acids is 1. The first kappa shape index (κ1) is 54.2. The molecular formula is C41H38F9N7O10S3. The van der Waals surface area contributed by atoms with Gasteiger partial charge < -0.3 is 23.5 Å². The van der Waals surface area contributed by atoms with Gasteiger partial charge in [0.2, 0.25) is 0 Å². The minimum Gasteiger partial charge on any atom is -0.467 e. The summed E-state index contributed by atoms with van der Waals surface area (Å²) in [5, 5.41) is 0. The second kappa shape index (κ2) is 21.9. The third-order valence-electron chi connectivity index (χ3n) is 9.69. The van der Waals surface area contributed by atoms with E-state index in [2.05, 4.69) is 41.2 Å². The highest BCUT2D eigenvalue weighted by atomic mass is 32.3. The quantitative estimate of drug-likeness (QED) is 0.0708. The van der Waals surface area contributed by atoms with Crippen LogP contribution in [-0.4, -0.2) is 108 Å². The molecule has 2 aliphatic heterocycles. The number of nitrogens with zero attached hydrogens (tertiary/aromatic N) is 7. The van der Waals surface area contributed by atoms with Gasteiger partial charge in [-0.25, -0.2) is 19.9 Å². The first-order valence-corrected chi connectivity index (χ1v) is 24.1. The highest BCUT2D eigenvalue weighted by Crippen LogP contribution is 2.39. The number of benzene rings is 3. The Bertz CT molecular complexity index is 2910. The van der Waals surface area contributed by atoms with Gasteiger partial charge in [0, 0.05) is 92.7 Å². The molecule has 1 fully saturated rings. The van der Waals surface area contributed by atoms with E-state index in [0.717, 1.165) is 64.9 Å². The van der Waals surface area contributed by atoms with Crippen molar-refractivity contribution in [3.63, 3.8) is 0 Å². The molecule has 0 saturated carbocycles. The van der Waals surface area contributed by atoms with Crippen molar-refractivity contribution in [3.8, 4) is 34.3 Å². The maximum absolute atomic E-state index is 12.4. The van der Waals surface area contributed by atoms with E-state index in [0.29, 0.717) is 43.3 Å². The number of Topliss-reactive ketones (excluding diaryl/α,β-unsaturated/α-hetero) is 1. The van der Waals surface area contributed by atoms with E-state index < -0.39 is 56.1 Å². The highest BCUT2D eigenvalue weighted by molar-refractivity contribution is 8.11. The fraction of sp³-hybridized carbons (Fsp3) is 0.293. The summed E-state index contributed by atoms with van der Waals surface area (Å²) in [6.07, 6.45) is 9.38. The van der Waals surface area contributed by atoms with Crippen LogP contribution in [0.3, 0.4) is 0 Å². The molecule has 2 aliphatic rings. The lowest BCUT2D eigenvalue weighted by Gasteiger charge is -2.28. The molecule has 378 valence electrons. The van der Waals surface area contributed by atoms with Crippen LogP contribution in [-0.2, 0) is 39.1 Å². The van der Waals surface area contributed by atoms with E-state index in [4.69, 9.17) is 9.47 Å². The Kier molecular flexibility index (Phi) is 17.0. The van der Waals surface area contributed by atoms with Crippen LogP contribution < -0.4 is 23.0 Å². The maximum Gasteiger partial charge on any atom is 0.534 e. The van der Waals surface area contributed by atoms with Gasteiger partial charge in [-0.2, -0.15) is 64.8 Å². The highest BCUT2D eigenvalue weighted by Gasteiger charge is 2.61. The Labute approximate surface area is 394 Å². The van der Waals surface area contributed by atoms with Crippen molar-refractivity contribution in [2.75, 3.05) is 53.9 Å². The molecular weight excluding hydrogens is 1020 g/mol. The maximum atomic E-state index is 12.4. The lowest BCUT2D eigenvalue weighted by Crippen LogP contribution is -2.49. The van der Waals surface area contributed by atoms with Gasteiger partial charge in [-0.1, -0.05) is 42.5 Å². The number of hydrogen-bond donors (Lipinski definition) is 0. The van der Waals surface area contributed by atoms with Crippen molar-refractivity contribution in [2.45, 2.75) is 35.8 Å². The molecule has 7 rings (SSSR count). The van der Waals surface area contributed by atoms with Crippen LogP contribution in [0.2, 0.25) is 0 Å². The van der Waals surface area contributed by atoms with Crippen molar-refractivity contribution in [1.29, 1.82) is 0 Å². The first-order valence-electron chi connectivity index (χ1n) is 19.8. The summed E-state index contributed by atoms with van der Waals surface area (Å²) in [4.78, 5) is 31.9. The summed E-state index contributed by atoms with van der Waals surface area (Å²) >= 11 is 0. The van der Waals surface area contributed by atoms with Crippen LogP contribution >= 0.6 is 0 Å². The summed E-state index contributed by atoms with van der Waals surface area (Å²) in [5.41, 5.74) is -13.6. The van der Waals surface area contributed by atoms with Crippen LogP contribution in [0.15, 0.2) is 115 Å². The Balaban J connectivity index is 0.000000199. The van der Waals surface area contributed by atoms with Gasteiger partial charge in [0.25, 0.3) is 0 Å². The molecule has 3 aromatic carbocycles. The summed E-state index contributed by atoms with van der Waals surface area (Å²) in [6.45, 7) is 2.11. The number of carbonyl (C=O) groups is 1. The summed E-state index contributed by atoms with van der Waals surface area (Å²) in [5.74, 6) is 0.138. The van der Waals surface area contributed by atoms with Crippen LogP contribution in [0.25, 0.3) is 22.3 Å². The molecule has 70 heavy (non-hydrogen) atoms. The van der Waals surface area contributed by atoms with Crippen molar-refractivity contribution < 1.29 is 83.2 Å². The number of alkyl halides is 9. The topological polar surface area (TPSA) is 208 Å². The van der Waals surface area contributed by atoms with Crippen molar-refractivity contribution in [1.82, 2.24) is 19.9 Å². The number of halogens is 9. The molecule has 0 unspecified atom stereocenters. The molecule has 0 radical (unpaired) electrons. The molecule has 0 bridgehead atoms. The number of ether oxygens (including phenoxy) is 2. The van der Waals surface area contributed by atoms with Gasteiger partial charge in [-0.3, -0.25) is 4.79 Å². The molecule has 17 nitrogen and oxygen atoms in total. The second-order valence-electron chi connectivity index (χ2n) is 14.3. The van der Waals surface area contributed by atoms with Crippen LogP contribution in [0, 0.1) is 0 Å². The van der Waals surface area contributed by atoms with Crippen molar-refractivity contribution in [2.24, 2.45) is 0 Å². The summed E-state index contributed by atoms with van der Waals surface area (Å²) in [7, 11) is -16.2. The number of hydrogen-bond acceptors (Lipinski definition) is 16. The number of piperidine rings is 1. The largest absolute Gasteiger partial charge is 0.534 e. The van der Waals surface area contributed by atoms with Crippen LogP contribution in [0.4, 0.5) is 56.6 Å². The molecule has 0 amide bonds. The molecule has 5 aromatic rings. The van der Waals surface area contributed by atoms with Crippen LogP contribution in [0.5, 0.6) is 12.0 Å². The van der Waals surface area contributed by atoms with Crippen LogP contribution in [0.1, 0.15) is 19.3 Å². The van der Waals surface area contributed by atoms with Gasteiger partial charge in [-0.05, 0) is 53.6 Å². The van der Waals surface area contributed by atoms with E-state index in [1.165, 1.54) is 13.2 Å². The standard InChI is InChI=1S/C17H16F3N3O4S.C16H17N3O2.C8H5F6NO4S2/c1-26-16-21-10-13(11-22-16)12-3-2-4-14(9-12)23-7-5-15(6-8-23)27-28(24,25)17(18,19)20;1-21-16-17-10-13(11-18-16)12-3-2-4-14(9-12)19-7-5-15(20)6-8-19;9-7(10,11)20(16,17)15(6-4-2-1-3-5-6)21(18,19)8(12,13)14/h2-5,9-11H,6-8H2,1H3;2-4,9-11H,5-8H2,1H3;1-5H. The molecule has 4 heterocycles. The predicted molar refractivity (Wildman–Crippen MR) is 234 cm³/mol. The smallest absolute Gasteiger partial charge is 0.467 e. The first-order chi connectivity index (χ1) is 32.7. The molecule has 2 aromatic heterocycles. The number of anilines is 3. The van der Waals surface area contributed by atoms with E-state index in [9.17, 15) is 69.6 Å². The lowest BCUT2D eigenvalue weighted by molar-refractivity contribution is -0.119. The Morgan fingerprint density at radius 2 is 0.971 bits per heavy atom. The Hall–Kier alpha value is -6.75. The van der Waals surface area contributed by atoms with Gasteiger partial charge in [0.05, 0.1) is 19.9 Å². The van der Waals surface area contributed by atoms with Gasteiger partial charge in [-0.15, -0.1) is 3.71 Å². The fourth-order valence-electron chi connectivity index (χ4n) is 6.21. The number of para-hydroxylation sites is 1. The second-order valence-corrected chi connectivity index (χ2v) is 19.7. The molecule has 0 spiro atoms. The monoisotopic (exact) mass is 1060 g/mol. The van der Waals surface area contributed by atoms with E-state index in [1.807, 2.05) is 41.3 Å². The minimum atomic E-state index is -6.81. The zero-order valence-electron chi connectivity index (χ0n) is 36.2. The lowest BCUT2D eigenvalue weighted by atomic mass is 10.1. The Morgan fingerprint density at radius 1 is 0.543 bits per heavy atom. The Morgan fingerprint density at radius 3 is 1.36 bits per heavy atom. The normalized spacial score (nSPS) is 14.8. The third kappa shape index (κ3) is 13.3. The average Bonchev–Trinajstić information content (AvgIpc) is 3.31. The SMILES string of the molecule is COc1ncc(-c2cccc(N3CC=C(OS(=O)(=O)C(F)(F)F)CC3)c2)cn1.COc1ncc(-c2cccc(N3CCC(=O)CC3)c2)cn1.O=S(=O)(N(c1ccccc1)S(=O)(=O)C(F)(F)F)C(F)(F)F. The average molecular weight is 1060 g/mol. The van der Waals surface area contributed by atoms with E-state index in [1.54, 1.807) is 31.9 Å². The minimum absolute atomic E-state index is 0.0329. The summed E-state index contributed by atoms with van der Waals surface area (Å²) < 4.78 is 191. The third-order valence-corrected chi connectivity index (χ3v) is 14.3. The van der Waals surface area contributed by atoms with Crippen molar-refractivity contribution in [3.05, 3.63) is 115 Å². The number of rotatable bonds is 11. The predicted octanol–water partition coefficient (Wildman–Crippen LogP) is 7.63. The van der Waals surface area contributed by atoms with E-state index in [-0.39, 0.29) is 24.7 Å². The number of aromatic nitrogens is 4.